The number of alkyl halides is 6. The predicted molar refractivity (Wildman–Crippen MR) is 122 cm³/mol. The maximum absolute atomic E-state index is 12.9. The highest BCUT2D eigenvalue weighted by Crippen LogP contribution is 2.31. The van der Waals surface area contributed by atoms with Crippen molar-refractivity contribution in [1.29, 1.82) is 0 Å². The van der Waals surface area contributed by atoms with E-state index in [1.54, 1.807) is 36.4 Å². The number of hydrogen-bond acceptors (Lipinski definition) is 3. The Hall–Kier alpha value is -3.53. The zero-order chi connectivity index (χ0) is 26.3. The Kier molecular flexibility index (Phi) is 8.62. The van der Waals surface area contributed by atoms with Crippen molar-refractivity contribution in [3.63, 3.8) is 0 Å². The molecule has 0 fully saturated rings. The zero-order valence-corrected chi connectivity index (χ0v) is 19.2. The van der Waals surface area contributed by atoms with Crippen molar-refractivity contribution in [3.8, 4) is 5.75 Å². The van der Waals surface area contributed by atoms with Gasteiger partial charge in [-0.15, -0.1) is 13.2 Å². The van der Waals surface area contributed by atoms with Gasteiger partial charge in [-0.3, -0.25) is 10.1 Å². The van der Waals surface area contributed by atoms with Crippen LogP contribution in [0, 0.1) is 0 Å². The van der Waals surface area contributed by atoms with Crippen molar-refractivity contribution < 1.29 is 35.9 Å². The fraction of sp³-hybridized carbons (Fsp3) is 0.269. The first kappa shape index (κ1) is 27.1. The molecule has 3 rings (SSSR count). The van der Waals surface area contributed by atoms with Crippen LogP contribution < -0.4 is 15.4 Å². The third-order valence-electron chi connectivity index (χ3n) is 5.51. The molecule has 192 valence electrons. The van der Waals surface area contributed by atoms with Crippen molar-refractivity contribution in [2.45, 2.75) is 37.5 Å². The smallest absolute Gasteiger partial charge is 0.406 e. The van der Waals surface area contributed by atoms with E-state index >= 15 is 0 Å². The Labute approximate surface area is 204 Å². The summed E-state index contributed by atoms with van der Waals surface area (Å²) in [5.74, 6) is -0.777. The standard InChI is InChI=1S/C26H24F6N2O2/c1-33-24(35)23(18-6-3-2-4-7-18)34-22(19-8-5-9-21(16-19)36-26(30,31)32)15-12-17-10-13-20(14-11-17)25(27,28)29/h2-11,13-14,16,22-23,34H,12,15H2,1H3,(H,33,35)/t22-,23-/m0/s1. The summed E-state index contributed by atoms with van der Waals surface area (Å²) in [6.45, 7) is 0. The number of nitrogens with one attached hydrogen (secondary N) is 2. The largest absolute Gasteiger partial charge is 0.573 e. The SMILES string of the molecule is CNC(=O)[C@@H](N[C@@H](CCc1ccc(C(F)(F)F)cc1)c1cccc(OC(F)(F)F)c1)c1ccccc1. The molecule has 36 heavy (non-hydrogen) atoms. The van der Waals surface area contributed by atoms with Gasteiger partial charge >= 0.3 is 12.5 Å². The van der Waals surface area contributed by atoms with Gasteiger partial charge in [-0.2, -0.15) is 13.2 Å². The van der Waals surface area contributed by atoms with Gasteiger partial charge in [0.15, 0.2) is 0 Å². The number of benzene rings is 3. The molecule has 0 radical (unpaired) electrons. The molecule has 3 aromatic rings. The number of rotatable bonds is 9. The van der Waals surface area contributed by atoms with Gasteiger partial charge in [0.2, 0.25) is 5.91 Å². The Morgan fingerprint density at radius 3 is 2.08 bits per heavy atom. The number of ether oxygens (including phenoxy) is 1. The van der Waals surface area contributed by atoms with Crippen LogP contribution in [0.3, 0.4) is 0 Å². The van der Waals surface area contributed by atoms with Crippen molar-refractivity contribution in [2.24, 2.45) is 0 Å². The number of halogens is 6. The minimum Gasteiger partial charge on any atom is -0.406 e. The number of carbonyl (C=O) groups is 1. The van der Waals surface area contributed by atoms with Crippen molar-refractivity contribution in [3.05, 3.63) is 101 Å². The van der Waals surface area contributed by atoms with Gasteiger partial charge in [-0.05, 0) is 53.8 Å². The van der Waals surface area contributed by atoms with Gasteiger partial charge in [0.1, 0.15) is 11.8 Å². The number of amides is 1. The molecule has 0 aliphatic heterocycles. The molecule has 0 spiro atoms. The molecule has 0 heterocycles. The molecule has 10 heteroatoms. The van der Waals surface area contributed by atoms with E-state index in [-0.39, 0.29) is 12.3 Å². The van der Waals surface area contributed by atoms with E-state index < -0.39 is 35.9 Å². The van der Waals surface area contributed by atoms with E-state index in [1.165, 1.54) is 31.3 Å². The molecule has 0 unspecified atom stereocenters. The van der Waals surface area contributed by atoms with Gasteiger partial charge in [0.25, 0.3) is 0 Å². The topological polar surface area (TPSA) is 50.4 Å². The number of likely N-dealkylation sites (N-methyl/N-ethyl adjacent to an activating group) is 1. The molecule has 0 saturated heterocycles. The maximum atomic E-state index is 12.9. The fourth-order valence-corrected chi connectivity index (χ4v) is 3.76. The highest BCUT2D eigenvalue weighted by atomic mass is 19.4. The Morgan fingerprint density at radius 2 is 1.50 bits per heavy atom. The molecule has 0 aliphatic rings. The second-order valence-corrected chi connectivity index (χ2v) is 8.03. The summed E-state index contributed by atoms with van der Waals surface area (Å²) < 4.78 is 81.0. The van der Waals surface area contributed by atoms with Gasteiger partial charge < -0.3 is 10.1 Å². The normalized spacial score (nSPS) is 13.6. The molecular weight excluding hydrogens is 486 g/mol. The summed E-state index contributed by atoms with van der Waals surface area (Å²) >= 11 is 0. The van der Waals surface area contributed by atoms with E-state index in [0.29, 0.717) is 23.1 Å². The van der Waals surface area contributed by atoms with Crippen molar-refractivity contribution in [2.75, 3.05) is 7.05 Å². The summed E-state index contributed by atoms with van der Waals surface area (Å²) in [4.78, 5) is 12.7. The van der Waals surface area contributed by atoms with Gasteiger partial charge in [0, 0.05) is 13.1 Å². The van der Waals surface area contributed by atoms with Gasteiger partial charge in [-0.25, -0.2) is 0 Å². The van der Waals surface area contributed by atoms with E-state index in [2.05, 4.69) is 15.4 Å². The lowest BCUT2D eigenvalue weighted by molar-refractivity contribution is -0.274. The second kappa shape index (κ2) is 11.5. The van der Waals surface area contributed by atoms with Crippen molar-refractivity contribution in [1.82, 2.24) is 10.6 Å². The monoisotopic (exact) mass is 510 g/mol. The molecule has 2 atom stereocenters. The summed E-state index contributed by atoms with van der Waals surface area (Å²) in [6.07, 6.45) is -8.76. The number of carbonyl (C=O) groups excluding carboxylic acids is 1. The van der Waals surface area contributed by atoms with Crippen LogP contribution in [-0.2, 0) is 17.4 Å². The average molecular weight is 510 g/mol. The van der Waals surface area contributed by atoms with Crippen LogP contribution in [0.1, 0.15) is 40.8 Å². The molecule has 4 nitrogen and oxygen atoms in total. The molecule has 0 aliphatic carbocycles. The lowest BCUT2D eigenvalue weighted by atomic mass is 9.96. The van der Waals surface area contributed by atoms with Gasteiger partial charge in [0.05, 0.1) is 5.56 Å². The maximum Gasteiger partial charge on any atom is 0.573 e. The van der Waals surface area contributed by atoms with Crippen LogP contribution in [0.25, 0.3) is 0 Å². The summed E-state index contributed by atoms with van der Waals surface area (Å²) in [6, 6.07) is 17.4. The fourth-order valence-electron chi connectivity index (χ4n) is 3.76. The Bertz CT molecular complexity index is 1130. The molecule has 0 bridgehead atoms. The third-order valence-corrected chi connectivity index (χ3v) is 5.51. The molecule has 3 aromatic carbocycles. The first-order valence-electron chi connectivity index (χ1n) is 11.0. The van der Waals surface area contributed by atoms with Crippen LogP contribution >= 0.6 is 0 Å². The van der Waals surface area contributed by atoms with E-state index in [1.807, 2.05) is 0 Å². The van der Waals surface area contributed by atoms with Crippen LogP contribution in [0.15, 0.2) is 78.9 Å². The highest BCUT2D eigenvalue weighted by Gasteiger charge is 2.32. The van der Waals surface area contributed by atoms with E-state index in [9.17, 15) is 31.1 Å². The molecule has 2 N–H and O–H groups in total. The van der Waals surface area contributed by atoms with Crippen molar-refractivity contribution >= 4 is 5.91 Å². The minimum absolute atomic E-state index is 0.279. The first-order chi connectivity index (χ1) is 17.0. The molecule has 0 saturated carbocycles. The number of aryl methyl sites for hydroxylation is 1. The van der Waals surface area contributed by atoms with Crippen LogP contribution in [0.2, 0.25) is 0 Å². The van der Waals surface area contributed by atoms with Crippen LogP contribution in [0.5, 0.6) is 5.75 Å². The first-order valence-corrected chi connectivity index (χ1v) is 11.0. The Balaban J connectivity index is 1.90. The third kappa shape index (κ3) is 7.74. The molecular formula is C26H24F6N2O2. The second-order valence-electron chi connectivity index (χ2n) is 8.03. The lowest BCUT2D eigenvalue weighted by Gasteiger charge is -2.26. The summed E-state index contributed by atoms with van der Waals surface area (Å²) in [7, 11) is 1.47. The predicted octanol–water partition coefficient (Wildman–Crippen LogP) is 6.35. The van der Waals surface area contributed by atoms with Crippen LogP contribution in [0.4, 0.5) is 26.3 Å². The van der Waals surface area contributed by atoms with Gasteiger partial charge in [-0.1, -0.05) is 54.6 Å². The highest BCUT2D eigenvalue weighted by molar-refractivity contribution is 5.83. The lowest BCUT2D eigenvalue weighted by Crippen LogP contribution is -2.38. The van der Waals surface area contributed by atoms with Crippen LogP contribution in [-0.4, -0.2) is 19.3 Å². The quantitative estimate of drug-likeness (QED) is 0.330. The van der Waals surface area contributed by atoms with E-state index in [4.69, 9.17) is 0 Å². The average Bonchev–Trinajstić information content (AvgIpc) is 2.83. The zero-order valence-electron chi connectivity index (χ0n) is 19.2. The minimum atomic E-state index is -4.88. The summed E-state index contributed by atoms with van der Waals surface area (Å²) in [5.41, 5.74) is 0.892. The number of hydrogen-bond donors (Lipinski definition) is 2. The van der Waals surface area contributed by atoms with E-state index in [0.717, 1.165) is 18.2 Å². The Morgan fingerprint density at radius 1 is 0.861 bits per heavy atom. The summed E-state index contributed by atoms with van der Waals surface area (Å²) in [5, 5.41) is 5.78. The molecule has 0 aromatic heterocycles. The molecule has 1 amide bonds.